The van der Waals surface area contributed by atoms with Gasteiger partial charge in [0.15, 0.2) is 0 Å². The molecule has 0 fully saturated rings. The van der Waals surface area contributed by atoms with Gasteiger partial charge in [0.25, 0.3) is 0 Å². The van der Waals surface area contributed by atoms with Crippen LogP contribution in [0.3, 0.4) is 0 Å². The molecule has 0 aliphatic carbocycles. The zero-order valence-corrected chi connectivity index (χ0v) is 9.31. The Bertz CT molecular complexity index is 343. The second kappa shape index (κ2) is 5.96. The van der Waals surface area contributed by atoms with E-state index in [4.69, 9.17) is 5.73 Å². The number of alkyl halides is 3. The van der Waals surface area contributed by atoms with E-state index in [9.17, 15) is 13.2 Å². The summed E-state index contributed by atoms with van der Waals surface area (Å²) in [5, 5.41) is 0. The van der Waals surface area contributed by atoms with E-state index in [1.54, 1.807) is 12.1 Å². The number of rotatable bonds is 4. The fourth-order valence-corrected chi connectivity index (χ4v) is 1.64. The standard InChI is InChI=1S/C11H12F3NS/c12-11(13,14)16-10-6-4-9(5-7-10)3-1-2-8-15/h1,3-7H,2,8,15H2. The first-order chi connectivity index (χ1) is 7.51. The Morgan fingerprint density at radius 3 is 2.31 bits per heavy atom. The van der Waals surface area contributed by atoms with Crippen LogP contribution in [0.25, 0.3) is 6.08 Å². The number of benzene rings is 1. The van der Waals surface area contributed by atoms with E-state index in [0.29, 0.717) is 6.54 Å². The minimum absolute atomic E-state index is 0.106. The van der Waals surface area contributed by atoms with Crippen LogP contribution >= 0.6 is 11.8 Å². The molecular formula is C11H12F3NS. The van der Waals surface area contributed by atoms with Crippen molar-refractivity contribution in [2.24, 2.45) is 5.73 Å². The summed E-state index contributed by atoms with van der Waals surface area (Å²) in [7, 11) is 0. The quantitative estimate of drug-likeness (QED) is 0.822. The lowest BCUT2D eigenvalue weighted by Gasteiger charge is -2.05. The molecule has 5 heteroatoms. The first-order valence-electron chi connectivity index (χ1n) is 4.74. The number of thioether (sulfide) groups is 1. The molecule has 1 nitrogen and oxygen atoms in total. The fraction of sp³-hybridized carbons (Fsp3) is 0.273. The molecule has 0 amide bonds. The van der Waals surface area contributed by atoms with Gasteiger partial charge in [-0.15, -0.1) is 0 Å². The van der Waals surface area contributed by atoms with Crippen molar-refractivity contribution in [2.45, 2.75) is 16.8 Å². The average Bonchev–Trinajstić information content (AvgIpc) is 2.19. The number of hydrogen-bond donors (Lipinski definition) is 1. The first kappa shape index (κ1) is 13.1. The molecule has 0 aliphatic rings. The van der Waals surface area contributed by atoms with Crippen molar-refractivity contribution in [1.82, 2.24) is 0 Å². The van der Waals surface area contributed by atoms with Gasteiger partial charge in [-0.25, -0.2) is 0 Å². The summed E-state index contributed by atoms with van der Waals surface area (Å²) >= 11 is -0.106. The number of halogens is 3. The highest BCUT2D eigenvalue weighted by Crippen LogP contribution is 2.36. The summed E-state index contributed by atoms with van der Waals surface area (Å²) in [6.45, 7) is 0.568. The van der Waals surface area contributed by atoms with Gasteiger partial charge in [0, 0.05) is 4.90 Å². The molecule has 2 N–H and O–H groups in total. The van der Waals surface area contributed by atoms with Crippen LogP contribution in [-0.4, -0.2) is 12.1 Å². The second-order valence-corrected chi connectivity index (χ2v) is 4.23. The minimum Gasteiger partial charge on any atom is -0.330 e. The largest absolute Gasteiger partial charge is 0.446 e. The van der Waals surface area contributed by atoms with E-state index in [-0.39, 0.29) is 16.7 Å². The van der Waals surface area contributed by atoms with E-state index in [0.717, 1.165) is 12.0 Å². The molecule has 0 aliphatic heterocycles. The van der Waals surface area contributed by atoms with Gasteiger partial charge in [0.2, 0.25) is 0 Å². The monoisotopic (exact) mass is 247 g/mol. The zero-order valence-electron chi connectivity index (χ0n) is 8.50. The van der Waals surface area contributed by atoms with Crippen molar-refractivity contribution in [2.75, 3.05) is 6.54 Å². The van der Waals surface area contributed by atoms with Crippen LogP contribution in [0, 0.1) is 0 Å². The predicted molar refractivity (Wildman–Crippen MR) is 61.1 cm³/mol. The summed E-state index contributed by atoms with van der Waals surface area (Å²) in [5.41, 5.74) is 1.96. The lowest BCUT2D eigenvalue weighted by molar-refractivity contribution is -0.0328. The molecule has 0 unspecified atom stereocenters. The van der Waals surface area contributed by atoms with Gasteiger partial charge in [-0.2, -0.15) is 13.2 Å². The van der Waals surface area contributed by atoms with Crippen molar-refractivity contribution >= 4 is 17.8 Å². The molecule has 0 saturated heterocycles. The van der Waals surface area contributed by atoms with E-state index < -0.39 is 5.51 Å². The zero-order chi connectivity index (χ0) is 12.0. The summed E-state index contributed by atoms with van der Waals surface area (Å²) in [5.74, 6) is 0. The fourth-order valence-electron chi connectivity index (χ4n) is 1.10. The van der Waals surface area contributed by atoms with Crippen molar-refractivity contribution in [3.8, 4) is 0 Å². The van der Waals surface area contributed by atoms with Crippen LogP contribution in [-0.2, 0) is 0 Å². The van der Waals surface area contributed by atoms with Gasteiger partial charge >= 0.3 is 5.51 Å². The third-order valence-electron chi connectivity index (χ3n) is 1.76. The summed E-state index contributed by atoms with van der Waals surface area (Å²) < 4.78 is 36.1. The van der Waals surface area contributed by atoms with Crippen LogP contribution in [0.2, 0.25) is 0 Å². The third-order valence-corrected chi connectivity index (χ3v) is 2.50. The Labute approximate surface area is 96.5 Å². The highest BCUT2D eigenvalue weighted by atomic mass is 32.2. The van der Waals surface area contributed by atoms with Gasteiger partial charge in [-0.3, -0.25) is 0 Å². The van der Waals surface area contributed by atoms with Gasteiger partial charge in [0.1, 0.15) is 0 Å². The van der Waals surface area contributed by atoms with Gasteiger partial charge < -0.3 is 5.73 Å². The smallest absolute Gasteiger partial charge is 0.330 e. The maximum Gasteiger partial charge on any atom is 0.446 e. The summed E-state index contributed by atoms with van der Waals surface area (Å²) in [6.07, 6.45) is 4.50. The Kier molecular flexibility index (Phi) is 4.89. The molecule has 1 aromatic carbocycles. The summed E-state index contributed by atoms with van der Waals surface area (Å²) in [6, 6.07) is 6.22. The predicted octanol–water partition coefficient (Wildman–Crippen LogP) is 3.66. The molecule has 0 bridgehead atoms. The van der Waals surface area contributed by atoms with E-state index >= 15 is 0 Å². The molecule has 0 aromatic heterocycles. The molecule has 0 heterocycles. The van der Waals surface area contributed by atoms with Crippen molar-refractivity contribution < 1.29 is 13.2 Å². The molecule has 0 saturated carbocycles. The lowest BCUT2D eigenvalue weighted by atomic mass is 10.2. The van der Waals surface area contributed by atoms with Crippen molar-refractivity contribution in [1.29, 1.82) is 0 Å². The number of nitrogens with two attached hydrogens (primary N) is 1. The third kappa shape index (κ3) is 5.23. The Hall–Kier alpha value is -0.940. The maximum atomic E-state index is 12.0. The normalized spacial score (nSPS) is 12.2. The van der Waals surface area contributed by atoms with Crippen LogP contribution < -0.4 is 5.73 Å². The van der Waals surface area contributed by atoms with Gasteiger partial charge in [0.05, 0.1) is 0 Å². The van der Waals surface area contributed by atoms with E-state index in [1.165, 1.54) is 12.1 Å². The first-order valence-corrected chi connectivity index (χ1v) is 5.55. The lowest BCUT2D eigenvalue weighted by Crippen LogP contribution is -1.98. The Balaban J connectivity index is 2.61. The molecule has 0 atom stereocenters. The van der Waals surface area contributed by atoms with Gasteiger partial charge in [-0.05, 0) is 42.4 Å². The Morgan fingerprint density at radius 2 is 1.81 bits per heavy atom. The summed E-state index contributed by atoms with van der Waals surface area (Å²) in [4.78, 5) is 0.198. The highest BCUT2D eigenvalue weighted by molar-refractivity contribution is 8.00. The highest BCUT2D eigenvalue weighted by Gasteiger charge is 2.28. The molecular weight excluding hydrogens is 235 g/mol. The minimum atomic E-state index is -4.23. The van der Waals surface area contributed by atoms with Crippen LogP contribution in [0.4, 0.5) is 13.2 Å². The SMILES string of the molecule is NCCC=Cc1ccc(SC(F)(F)F)cc1. The van der Waals surface area contributed by atoms with Crippen LogP contribution in [0.5, 0.6) is 0 Å². The topological polar surface area (TPSA) is 26.0 Å². The maximum absolute atomic E-state index is 12.0. The average molecular weight is 247 g/mol. The van der Waals surface area contributed by atoms with Crippen molar-refractivity contribution in [3.63, 3.8) is 0 Å². The van der Waals surface area contributed by atoms with Crippen LogP contribution in [0.15, 0.2) is 35.2 Å². The van der Waals surface area contributed by atoms with Gasteiger partial charge in [-0.1, -0.05) is 24.3 Å². The van der Waals surface area contributed by atoms with Crippen LogP contribution in [0.1, 0.15) is 12.0 Å². The molecule has 1 aromatic rings. The van der Waals surface area contributed by atoms with E-state index in [1.807, 2.05) is 12.2 Å². The molecule has 16 heavy (non-hydrogen) atoms. The number of hydrogen-bond acceptors (Lipinski definition) is 2. The Morgan fingerprint density at radius 1 is 1.19 bits per heavy atom. The van der Waals surface area contributed by atoms with E-state index in [2.05, 4.69) is 0 Å². The second-order valence-electron chi connectivity index (χ2n) is 3.10. The van der Waals surface area contributed by atoms with Crippen molar-refractivity contribution in [3.05, 3.63) is 35.9 Å². The molecule has 0 radical (unpaired) electrons. The molecule has 1 rings (SSSR count). The molecule has 88 valence electrons. The molecule has 0 spiro atoms.